The van der Waals surface area contributed by atoms with E-state index in [2.05, 4.69) is 203 Å². The molecule has 0 aromatic carbocycles. The second kappa shape index (κ2) is 86.0. The highest BCUT2D eigenvalue weighted by molar-refractivity contribution is 7.47. The number of phosphoric ester groups is 2. The summed E-state index contributed by atoms with van der Waals surface area (Å²) in [5.41, 5.74) is 0. The number of aliphatic hydroxyl groups is 2. The van der Waals surface area contributed by atoms with Crippen molar-refractivity contribution in [3.63, 3.8) is 0 Å². The number of phosphoric acid groups is 2. The minimum absolute atomic E-state index is 0.0848. The van der Waals surface area contributed by atoms with Crippen molar-refractivity contribution in [3.05, 3.63) is 182 Å². The van der Waals surface area contributed by atoms with Gasteiger partial charge in [-0.2, -0.15) is 0 Å². The molecule has 0 aromatic rings. The molecule has 0 aliphatic rings. The van der Waals surface area contributed by atoms with E-state index in [-0.39, 0.29) is 19.3 Å². The monoisotopic (exact) mass is 1620 g/mol. The third-order valence-corrected chi connectivity index (χ3v) is 20.0. The molecule has 113 heavy (non-hydrogen) atoms. The van der Waals surface area contributed by atoms with Crippen LogP contribution in [0.1, 0.15) is 342 Å². The highest BCUT2D eigenvalue weighted by Crippen LogP contribution is 2.45. The van der Waals surface area contributed by atoms with E-state index in [1.54, 1.807) is 0 Å². The molecule has 0 aliphatic carbocycles. The van der Waals surface area contributed by atoms with Crippen molar-refractivity contribution >= 4 is 33.6 Å². The Kier molecular flexibility index (Phi) is 81.9. The van der Waals surface area contributed by atoms with E-state index in [0.717, 1.165) is 199 Å². The summed E-state index contributed by atoms with van der Waals surface area (Å²) in [6, 6.07) is 0. The molecule has 5 atom stereocenters. The van der Waals surface area contributed by atoms with E-state index >= 15 is 0 Å². The lowest BCUT2D eigenvalue weighted by atomic mass is 10.0. The van der Waals surface area contributed by atoms with Gasteiger partial charge in [0, 0.05) is 19.3 Å². The van der Waals surface area contributed by atoms with Crippen LogP contribution >= 0.6 is 15.6 Å². The number of esters is 3. The molecule has 0 aliphatic heterocycles. The van der Waals surface area contributed by atoms with Gasteiger partial charge >= 0.3 is 33.6 Å². The summed E-state index contributed by atoms with van der Waals surface area (Å²) in [6.07, 6.45) is 112. The zero-order valence-electron chi connectivity index (χ0n) is 70.7. The number of ether oxygens (including phenoxy) is 3. The van der Waals surface area contributed by atoms with Gasteiger partial charge in [-0.25, -0.2) is 9.13 Å². The van der Waals surface area contributed by atoms with Gasteiger partial charge in [-0.05, 0) is 161 Å². The summed E-state index contributed by atoms with van der Waals surface area (Å²) >= 11 is 0. The zero-order chi connectivity index (χ0) is 82.2. The predicted octanol–water partition coefficient (Wildman–Crippen LogP) is 26.9. The zero-order valence-corrected chi connectivity index (χ0v) is 72.5. The molecule has 0 radical (unpaired) electrons. The van der Waals surface area contributed by atoms with Gasteiger partial charge in [0.15, 0.2) is 6.10 Å². The van der Waals surface area contributed by atoms with Crippen molar-refractivity contribution in [3.8, 4) is 0 Å². The van der Waals surface area contributed by atoms with E-state index < -0.39 is 91.5 Å². The normalized spacial score (nSPS) is 14.7. The van der Waals surface area contributed by atoms with Crippen LogP contribution in [-0.2, 0) is 55.8 Å². The lowest BCUT2D eigenvalue weighted by Gasteiger charge is -2.21. The van der Waals surface area contributed by atoms with Gasteiger partial charge in [-0.15, -0.1) is 0 Å². The smallest absolute Gasteiger partial charge is 0.463 e. The predicted molar refractivity (Wildman–Crippen MR) is 472 cm³/mol. The molecule has 0 aromatic heterocycles. The minimum atomic E-state index is -4.95. The maximum Gasteiger partial charge on any atom is 0.472 e. The summed E-state index contributed by atoms with van der Waals surface area (Å²) in [4.78, 5) is 59.0. The Bertz CT molecular complexity index is 2780. The van der Waals surface area contributed by atoms with E-state index in [0.29, 0.717) is 19.3 Å². The third kappa shape index (κ3) is 87.3. The van der Waals surface area contributed by atoms with Crippen LogP contribution in [-0.4, -0.2) is 95.9 Å². The number of allylic oxidation sites excluding steroid dienone is 30. The lowest BCUT2D eigenvalue weighted by Crippen LogP contribution is -2.30. The highest BCUT2D eigenvalue weighted by Gasteiger charge is 2.29. The average molecular weight is 1620 g/mol. The largest absolute Gasteiger partial charge is 0.472 e. The highest BCUT2D eigenvalue weighted by atomic mass is 31.2. The second-order valence-electron chi connectivity index (χ2n) is 28.9. The number of carbonyl (C=O) groups is 3. The first-order chi connectivity index (χ1) is 55.2. The van der Waals surface area contributed by atoms with Gasteiger partial charge in [0.1, 0.15) is 25.4 Å². The molecular formula is C95H158O16P2. The third-order valence-electron chi connectivity index (χ3n) is 18.1. The van der Waals surface area contributed by atoms with Crippen molar-refractivity contribution in [2.45, 2.75) is 360 Å². The molecule has 0 saturated carbocycles. The van der Waals surface area contributed by atoms with Gasteiger partial charge in [-0.1, -0.05) is 344 Å². The van der Waals surface area contributed by atoms with Gasteiger partial charge < -0.3 is 34.2 Å². The van der Waals surface area contributed by atoms with E-state index in [1.807, 2.05) is 0 Å². The van der Waals surface area contributed by atoms with Crippen molar-refractivity contribution in [2.24, 2.45) is 0 Å². The van der Waals surface area contributed by atoms with Crippen LogP contribution < -0.4 is 0 Å². The Balaban J connectivity index is 4.70. The van der Waals surface area contributed by atoms with Crippen LogP contribution in [0, 0.1) is 0 Å². The van der Waals surface area contributed by atoms with Crippen LogP contribution in [0.4, 0.5) is 0 Å². The molecule has 0 amide bonds. The molecule has 644 valence electrons. The molecule has 0 bridgehead atoms. The second-order valence-corrected chi connectivity index (χ2v) is 31.8. The van der Waals surface area contributed by atoms with E-state index in [4.69, 9.17) is 32.3 Å². The molecule has 0 heterocycles. The number of rotatable bonds is 82. The first-order valence-electron chi connectivity index (χ1n) is 44.1. The molecule has 0 spiro atoms. The van der Waals surface area contributed by atoms with Crippen molar-refractivity contribution in [2.75, 3.05) is 39.6 Å². The van der Waals surface area contributed by atoms with Crippen molar-refractivity contribution in [1.29, 1.82) is 0 Å². The molecule has 4 N–H and O–H groups in total. The fraction of sp³-hybridized carbons (Fsp3) is 0.653. The van der Waals surface area contributed by atoms with Crippen LogP contribution in [0.25, 0.3) is 0 Å². The van der Waals surface area contributed by atoms with E-state index in [9.17, 15) is 43.5 Å². The number of hydrogen-bond acceptors (Lipinski definition) is 14. The van der Waals surface area contributed by atoms with E-state index in [1.165, 1.54) is 83.5 Å². The average Bonchev–Trinajstić information content (AvgIpc) is 0.915. The molecular weight excluding hydrogens is 1460 g/mol. The van der Waals surface area contributed by atoms with Gasteiger partial charge in [0.25, 0.3) is 0 Å². The molecule has 0 rings (SSSR count). The summed E-state index contributed by atoms with van der Waals surface area (Å²) in [5, 5.41) is 20.7. The summed E-state index contributed by atoms with van der Waals surface area (Å²) < 4.78 is 61.4. The van der Waals surface area contributed by atoms with Crippen molar-refractivity contribution < 1.29 is 75.8 Å². The summed E-state index contributed by atoms with van der Waals surface area (Å²) in [5.74, 6) is -1.60. The first kappa shape index (κ1) is 108. The van der Waals surface area contributed by atoms with Gasteiger partial charge in [0.2, 0.25) is 0 Å². The quantitative estimate of drug-likeness (QED) is 0.0146. The number of hydrogen-bond donors (Lipinski definition) is 4. The maximum absolute atomic E-state index is 13.1. The fourth-order valence-corrected chi connectivity index (χ4v) is 13.1. The van der Waals surface area contributed by atoms with Gasteiger partial charge in [-0.3, -0.25) is 32.5 Å². The summed E-state index contributed by atoms with van der Waals surface area (Å²) in [7, 11) is -9.82. The topological polar surface area (TPSA) is 231 Å². The SMILES string of the molecule is CC/C=C\C/C=C\C/C=C\C/C=C\C/C=C\C/C=C\CCCCCCCCCCC(=O)OCC(O)COP(=O)(O)OCC(O)COP(=O)(O)OCC(COC(=O)CCCCCCCCCCCCC/C=C\C/C=C\C/C=C\C/C=C\CCCCC)OC(=O)CCCCCCCCC/C=C\C/C=C\C/C=C\C/C=C\C/C=C\CC. The minimum Gasteiger partial charge on any atom is -0.463 e. The van der Waals surface area contributed by atoms with Gasteiger partial charge in [0.05, 0.1) is 26.4 Å². The number of carbonyl (C=O) groups excluding carboxylic acids is 3. The van der Waals surface area contributed by atoms with Crippen LogP contribution in [0.3, 0.4) is 0 Å². The molecule has 5 unspecified atom stereocenters. The Labute approximate surface area is 687 Å². The molecule has 18 heteroatoms. The molecule has 0 fully saturated rings. The van der Waals surface area contributed by atoms with Crippen LogP contribution in [0.15, 0.2) is 182 Å². The number of unbranched alkanes of at least 4 members (excludes halogenated alkanes) is 29. The van der Waals surface area contributed by atoms with Crippen LogP contribution in [0.2, 0.25) is 0 Å². The Morgan fingerprint density at radius 2 is 0.469 bits per heavy atom. The Morgan fingerprint density at radius 1 is 0.257 bits per heavy atom. The molecule has 16 nitrogen and oxygen atoms in total. The Morgan fingerprint density at radius 3 is 0.743 bits per heavy atom. The first-order valence-corrected chi connectivity index (χ1v) is 47.1. The lowest BCUT2D eigenvalue weighted by molar-refractivity contribution is -0.161. The number of aliphatic hydroxyl groups excluding tert-OH is 2. The fourth-order valence-electron chi connectivity index (χ4n) is 11.5. The van der Waals surface area contributed by atoms with Crippen LogP contribution in [0.5, 0.6) is 0 Å². The van der Waals surface area contributed by atoms with Crippen molar-refractivity contribution in [1.82, 2.24) is 0 Å². The maximum atomic E-state index is 13.1. The Hall–Kier alpha value is -5.35. The molecule has 0 saturated heterocycles. The summed E-state index contributed by atoms with van der Waals surface area (Å²) in [6.45, 7) is 2.42. The standard InChI is InChI=1S/C95H158O16P2/c1-4-7-10-13-16-19-22-25-28-31-34-37-40-42-44-46-49-51-54-57-60-63-66-69-72-75-78-81-93(98)105-84-90(96)85-107-112(101,102)108-86-91(97)87-109-113(103,104)110-89-92(111-95(100)83-80-77-74-71-68-65-62-59-56-53-48-39-36-33-30-27-24-21-18-15-12-9-6-3)88-106-94(99)82-79-76-73-70-67-64-61-58-55-52-50-47-45-43-41-38-35-32-29-26-23-20-17-14-11-8-5-2/h7,9-10,12,16-21,25-30,34-39,42-45,49,51,53,56,90-92,96-97H,4-6,8,11,13-15,22-24,31-33,40-41,46-48,50,52,54-55,57-89H2,1-3H3,(H,101,102)(H,103,104)/b10-7-,12-9-,19-16-,20-17-,21-18-,28-25-,29-26-,30-27-,37-34-,38-35-,39-36-,44-42-,45-43-,51-49-,56-53-.